The second-order valence-corrected chi connectivity index (χ2v) is 4.97. The van der Waals surface area contributed by atoms with Crippen LogP contribution in [0.4, 0.5) is 0 Å². The van der Waals surface area contributed by atoms with Crippen LogP contribution in [0.15, 0.2) is 24.3 Å². The molecular weight excluding hydrogens is 287 g/mol. The van der Waals surface area contributed by atoms with Crippen LogP contribution in [0.5, 0.6) is 0 Å². The SMILES string of the molecule is NC(CCC(=O)O)c1ccc2nc(Cl)ccc2c1Cl. The number of nitrogens with zero attached hydrogens (tertiary/aromatic N) is 1. The van der Waals surface area contributed by atoms with E-state index in [1.165, 1.54) is 0 Å². The quantitative estimate of drug-likeness (QED) is 0.848. The molecule has 0 aliphatic rings. The van der Waals surface area contributed by atoms with Crippen LogP contribution in [-0.4, -0.2) is 16.1 Å². The summed E-state index contributed by atoms with van der Waals surface area (Å²) >= 11 is 12.1. The average Bonchev–Trinajstić information content (AvgIpc) is 2.36. The lowest BCUT2D eigenvalue weighted by Crippen LogP contribution is -2.13. The molecule has 2 aromatic rings. The van der Waals surface area contributed by atoms with Gasteiger partial charge in [0.05, 0.1) is 10.5 Å². The third-order valence-electron chi connectivity index (χ3n) is 2.87. The molecule has 1 aromatic carbocycles. The number of benzene rings is 1. The maximum Gasteiger partial charge on any atom is 0.303 e. The summed E-state index contributed by atoms with van der Waals surface area (Å²) in [7, 11) is 0. The Balaban J connectivity index is 2.36. The van der Waals surface area contributed by atoms with E-state index in [0.717, 1.165) is 10.9 Å². The van der Waals surface area contributed by atoms with E-state index >= 15 is 0 Å². The molecule has 0 bridgehead atoms. The molecule has 0 amide bonds. The topological polar surface area (TPSA) is 76.2 Å². The maximum absolute atomic E-state index is 10.6. The van der Waals surface area contributed by atoms with Gasteiger partial charge in [-0.1, -0.05) is 29.3 Å². The summed E-state index contributed by atoms with van der Waals surface area (Å²) in [6.45, 7) is 0. The van der Waals surface area contributed by atoms with Gasteiger partial charge in [-0.05, 0) is 30.2 Å². The maximum atomic E-state index is 10.6. The summed E-state index contributed by atoms with van der Waals surface area (Å²) in [6, 6.07) is 6.57. The lowest BCUT2D eigenvalue weighted by molar-refractivity contribution is -0.137. The van der Waals surface area contributed by atoms with Crippen molar-refractivity contribution < 1.29 is 9.90 Å². The van der Waals surface area contributed by atoms with E-state index in [9.17, 15) is 4.79 Å². The predicted octanol–water partition coefficient (Wildman–Crippen LogP) is 3.41. The number of rotatable bonds is 4. The molecule has 2 rings (SSSR count). The van der Waals surface area contributed by atoms with Crippen molar-refractivity contribution in [1.82, 2.24) is 4.98 Å². The van der Waals surface area contributed by atoms with Crippen molar-refractivity contribution in [3.05, 3.63) is 40.0 Å². The number of pyridine rings is 1. The molecule has 1 unspecified atom stereocenters. The normalized spacial score (nSPS) is 12.6. The molecule has 4 nitrogen and oxygen atoms in total. The van der Waals surface area contributed by atoms with Crippen LogP contribution < -0.4 is 5.73 Å². The molecule has 0 saturated heterocycles. The fourth-order valence-corrected chi connectivity index (χ4v) is 2.40. The van der Waals surface area contributed by atoms with Crippen molar-refractivity contribution in [3.8, 4) is 0 Å². The van der Waals surface area contributed by atoms with Crippen LogP contribution >= 0.6 is 23.2 Å². The molecule has 3 N–H and O–H groups in total. The number of nitrogens with two attached hydrogens (primary N) is 1. The van der Waals surface area contributed by atoms with E-state index in [1.54, 1.807) is 24.3 Å². The van der Waals surface area contributed by atoms with E-state index in [1.807, 2.05) is 0 Å². The molecule has 1 atom stereocenters. The molecule has 0 fully saturated rings. The first-order valence-electron chi connectivity index (χ1n) is 5.71. The summed E-state index contributed by atoms with van der Waals surface area (Å²) in [5.41, 5.74) is 7.38. The van der Waals surface area contributed by atoms with Gasteiger partial charge in [-0.15, -0.1) is 0 Å². The van der Waals surface area contributed by atoms with E-state index in [0.29, 0.717) is 22.1 Å². The highest BCUT2D eigenvalue weighted by Crippen LogP contribution is 2.31. The van der Waals surface area contributed by atoms with Crippen LogP contribution in [0.3, 0.4) is 0 Å². The average molecular weight is 299 g/mol. The molecule has 19 heavy (non-hydrogen) atoms. The Morgan fingerprint density at radius 1 is 1.32 bits per heavy atom. The Hall–Kier alpha value is -1.36. The van der Waals surface area contributed by atoms with Crippen molar-refractivity contribution in [1.29, 1.82) is 0 Å². The summed E-state index contributed by atoms with van der Waals surface area (Å²) in [4.78, 5) is 14.7. The minimum Gasteiger partial charge on any atom is -0.481 e. The zero-order valence-corrected chi connectivity index (χ0v) is 11.4. The number of hydrogen-bond donors (Lipinski definition) is 2. The van der Waals surface area contributed by atoms with Gasteiger partial charge in [-0.3, -0.25) is 4.79 Å². The first-order chi connectivity index (χ1) is 8.99. The van der Waals surface area contributed by atoms with E-state index in [2.05, 4.69) is 4.98 Å². The molecule has 0 saturated carbocycles. The van der Waals surface area contributed by atoms with E-state index in [4.69, 9.17) is 34.0 Å². The summed E-state index contributed by atoms with van der Waals surface area (Å²) in [5.74, 6) is -0.874. The molecule has 100 valence electrons. The van der Waals surface area contributed by atoms with Crippen LogP contribution in [0.2, 0.25) is 10.2 Å². The van der Waals surface area contributed by atoms with Gasteiger partial charge in [0.15, 0.2) is 0 Å². The zero-order chi connectivity index (χ0) is 14.0. The number of fused-ring (bicyclic) bond motifs is 1. The predicted molar refractivity (Wildman–Crippen MR) is 75.6 cm³/mol. The summed E-state index contributed by atoms with van der Waals surface area (Å²) < 4.78 is 0. The second-order valence-electron chi connectivity index (χ2n) is 4.21. The van der Waals surface area contributed by atoms with Gasteiger partial charge in [0, 0.05) is 17.8 Å². The van der Waals surface area contributed by atoms with Crippen LogP contribution in [-0.2, 0) is 4.79 Å². The highest BCUT2D eigenvalue weighted by Gasteiger charge is 2.14. The molecule has 0 radical (unpaired) electrons. The summed E-state index contributed by atoms with van der Waals surface area (Å²) in [6.07, 6.45) is 0.343. The van der Waals surface area contributed by atoms with Crippen molar-refractivity contribution in [2.24, 2.45) is 5.73 Å². The number of hydrogen-bond acceptors (Lipinski definition) is 3. The fourth-order valence-electron chi connectivity index (χ4n) is 1.88. The summed E-state index contributed by atoms with van der Waals surface area (Å²) in [5, 5.41) is 10.3. The van der Waals surface area contributed by atoms with Crippen molar-refractivity contribution >= 4 is 40.1 Å². The molecule has 1 heterocycles. The molecule has 6 heteroatoms. The Labute approximate surface area is 120 Å². The van der Waals surface area contributed by atoms with Crippen molar-refractivity contribution in [2.45, 2.75) is 18.9 Å². The van der Waals surface area contributed by atoms with Gasteiger partial charge in [0.1, 0.15) is 5.15 Å². The monoisotopic (exact) mass is 298 g/mol. The molecular formula is C13H12Cl2N2O2. The Kier molecular flexibility index (Phi) is 4.24. The number of aromatic nitrogens is 1. The van der Waals surface area contributed by atoms with Crippen LogP contribution in [0.1, 0.15) is 24.4 Å². The van der Waals surface area contributed by atoms with Crippen LogP contribution in [0.25, 0.3) is 10.9 Å². The smallest absolute Gasteiger partial charge is 0.303 e. The number of carbonyl (C=O) groups is 1. The highest BCUT2D eigenvalue weighted by molar-refractivity contribution is 6.36. The van der Waals surface area contributed by atoms with Gasteiger partial charge in [-0.25, -0.2) is 4.98 Å². The minimum absolute atomic E-state index is 0.00833. The van der Waals surface area contributed by atoms with Crippen molar-refractivity contribution in [2.75, 3.05) is 0 Å². The Morgan fingerprint density at radius 2 is 2.05 bits per heavy atom. The van der Waals surface area contributed by atoms with Gasteiger partial charge in [0.2, 0.25) is 0 Å². The lowest BCUT2D eigenvalue weighted by atomic mass is 10.0. The van der Waals surface area contributed by atoms with Crippen LogP contribution in [0, 0.1) is 0 Å². The van der Waals surface area contributed by atoms with Gasteiger partial charge in [-0.2, -0.15) is 0 Å². The van der Waals surface area contributed by atoms with Crippen molar-refractivity contribution in [3.63, 3.8) is 0 Å². The third-order valence-corrected chi connectivity index (χ3v) is 3.50. The third kappa shape index (κ3) is 3.15. The zero-order valence-electron chi connectivity index (χ0n) is 9.94. The van der Waals surface area contributed by atoms with E-state index < -0.39 is 12.0 Å². The lowest BCUT2D eigenvalue weighted by Gasteiger charge is -2.14. The van der Waals surface area contributed by atoms with E-state index in [-0.39, 0.29) is 6.42 Å². The Morgan fingerprint density at radius 3 is 2.74 bits per heavy atom. The van der Waals surface area contributed by atoms with Gasteiger partial charge in [0.25, 0.3) is 0 Å². The second kappa shape index (κ2) is 5.74. The molecule has 0 aliphatic carbocycles. The number of carboxylic acids is 1. The fraction of sp³-hybridized carbons (Fsp3) is 0.231. The first kappa shape index (κ1) is 14.1. The number of carboxylic acid groups (broad SMARTS) is 1. The number of halogens is 2. The number of aliphatic carboxylic acids is 1. The van der Waals surface area contributed by atoms with Gasteiger partial charge >= 0.3 is 5.97 Å². The Bertz CT molecular complexity index is 631. The molecule has 0 aliphatic heterocycles. The molecule has 1 aromatic heterocycles. The molecule has 0 spiro atoms. The first-order valence-corrected chi connectivity index (χ1v) is 6.46. The standard InChI is InChI=1S/C13H12Cl2N2O2/c14-11-5-2-8-10(17-11)4-1-7(13(8)15)9(16)3-6-12(18)19/h1-2,4-5,9H,3,6,16H2,(H,18,19). The van der Waals surface area contributed by atoms with Gasteiger partial charge < -0.3 is 10.8 Å². The largest absolute Gasteiger partial charge is 0.481 e. The minimum atomic E-state index is -0.874. The highest BCUT2D eigenvalue weighted by atomic mass is 35.5.